The van der Waals surface area contributed by atoms with Crippen molar-refractivity contribution < 1.29 is 22.7 Å². The molecule has 3 aromatic carbocycles. The first kappa shape index (κ1) is 19.8. The van der Waals surface area contributed by atoms with Gasteiger partial charge in [-0.1, -0.05) is 36.4 Å². The Hall–Kier alpha value is -3.52. The lowest BCUT2D eigenvalue weighted by molar-refractivity contribution is -0.123. The molecule has 30 heavy (non-hydrogen) atoms. The molecule has 0 saturated carbocycles. The number of carbonyl (C=O) groups excluding carboxylic acids is 1. The van der Waals surface area contributed by atoms with Crippen molar-refractivity contribution in [1.82, 2.24) is 0 Å². The van der Waals surface area contributed by atoms with Crippen molar-refractivity contribution >= 4 is 27.3 Å². The van der Waals surface area contributed by atoms with Crippen molar-refractivity contribution in [3.63, 3.8) is 0 Å². The van der Waals surface area contributed by atoms with Crippen molar-refractivity contribution in [2.75, 3.05) is 17.1 Å². The SMILES string of the molecule is COc1ccc(C)cc1S(=O)(=O)Nc1ccc2c(c1)NC(=O)C(c1ccccc1)O2. The minimum absolute atomic E-state index is 0.0344. The number of benzene rings is 3. The summed E-state index contributed by atoms with van der Waals surface area (Å²) in [4.78, 5) is 12.5. The standard InChI is InChI=1S/C22H20N2O5S/c1-14-8-10-19(28-2)20(12-14)30(26,27)24-16-9-11-18-17(13-16)23-22(25)21(29-18)15-6-4-3-5-7-15/h3-13,21,24H,1-2H3,(H,23,25). The van der Waals surface area contributed by atoms with E-state index < -0.39 is 16.1 Å². The van der Waals surface area contributed by atoms with E-state index in [2.05, 4.69) is 10.0 Å². The second-order valence-electron chi connectivity index (χ2n) is 6.87. The zero-order valence-electron chi connectivity index (χ0n) is 16.4. The van der Waals surface area contributed by atoms with E-state index in [1.807, 2.05) is 30.3 Å². The number of fused-ring (bicyclic) bond motifs is 1. The molecule has 0 spiro atoms. The van der Waals surface area contributed by atoms with Gasteiger partial charge in [0, 0.05) is 5.56 Å². The first-order valence-electron chi connectivity index (χ1n) is 9.21. The maximum atomic E-state index is 12.9. The summed E-state index contributed by atoms with van der Waals surface area (Å²) in [6, 6.07) is 18.8. The summed E-state index contributed by atoms with van der Waals surface area (Å²) in [6.45, 7) is 1.80. The quantitative estimate of drug-likeness (QED) is 0.648. The fraction of sp³-hybridized carbons (Fsp3) is 0.136. The third kappa shape index (κ3) is 3.81. The zero-order valence-corrected chi connectivity index (χ0v) is 17.2. The Morgan fingerprint density at radius 2 is 1.80 bits per heavy atom. The van der Waals surface area contributed by atoms with Crippen LogP contribution in [0.5, 0.6) is 11.5 Å². The van der Waals surface area contributed by atoms with E-state index >= 15 is 0 Å². The molecule has 0 aromatic heterocycles. The van der Waals surface area contributed by atoms with Gasteiger partial charge in [0.25, 0.3) is 15.9 Å². The van der Waals surface area contributed by atoms with Crippen molar-refractivity contribution in [1.29, 1.82) is 0 Å². The smallest absolute Gasteiger partial charge is 0.270 e. The predicted molar refractivity (Wildman–Crippen MR) is 113 cm³/mol. The van der Waals surface area contributed by atoms with E-state index in [4.69, 9.17) is 9.47 Å². The molecule has 1 unspecified atom stereocenters. The molecular formula is C22H20N2O5S. The number of methoxy groups -OCH3 is 1. The van der Waals surface area contributed by atoms with Crippen LogP contribution in [0.1, 0.15) is 17.2 Å². The van der Waals surface area contributed by atoms with E-state index in [1.54, 1.807) is 31.2 Å². The van der Waals surface area contributed by atoms with Crippen LogP contribution < -0.4 is 19.5 Å². The Kier molecular flexibility index (Phi) is 5.09. The van der Waals surface area contributed by atoms with Crippen molar-refractivity contribution in [3.8, 4) is 11.5 Å². The zero-order chi connectivity index (χ0) is 21.3. The number of anilines is 2. The molecule has 0 radical (unpaired) electrons. The fourth-order valence-electron chi connectivity index (χ4n) is 3.22. The summed E-state index contributed by atoms with van der Waals surface area (Å²) in [5, 5.41) is 2.78. The predicted octanol–water partition coefficient (Wildman–Crippen LogP) is 3.88. The molecule has 0 bridgehead atoms. The molecule has 154 valence electrons. The van der Waals surface area contributed by atoms with Gasteiger partial charge in [-0.15, -0.1) is 0 Å². The summed E-state index contributed by atoms with van der Waals surface area (Å²) in [5.41, 5.74) is 2.20. The normalized spacial score (nSPS) is 15.5. The molecule has 1 amide bonds. The van der Waals surface area contributed by atoms with Crippen LogP contribution in [0.25, 0.3) is 0 Å². The Labute approximate surface area is 174 Å². The Balaban J connectivity index is 1.61. The Bertz CT molecular complexity index is 1210. The summed E-state index contributed by atoms with van der Waals surface area (Å²) < 4.78 is 39.3. The van der Waals surface area contributed by atoms with Crippen LogP contribution in [0, 0.1) is 6.92 Å². The second-order valence-corrected chi connectivity index (χ2v) is 8.52. The van der Waals surface area contributed by atoms with Gasteiger partial charge in [-0.2, -0.15) is 0 Å². The van der Waals surface area contributed by atoms with Crippen LogP contribution in [-0.4, -0.2) is 21.4 Å². The minimum atomic E-state index is -3.90. The van der Waals surface area contributed by atoms with Crippen LogP contribution in [0.3, 0.4) is 0 Å². The summed E-state index contributed by atoms with van der Waals surface area (Å²) >= 11 is 0. The maximum absolute atomic E-state index is 12.9. The average molecular weight is 424 g/mol. The fourth-order valence-corrected chi connectivity index (χ4v) is 4.53. The average Bonchev–Trinajstić information content (AvgIpc) is 2.73. The van der Waals surface area contributed by atoms with Crippen LogP contribution in [0.2, 0.25) is 0 Å². The first-order valence-corrected chi connectivity index (χ1v) is 10.7. The van der Waals surface area contributed by atoms with Gasteiger partial charge in [-0.05, 0) is 42.8 Å². The highest BCUT2D eigenvalue weighted by molar-refractivity contribution is 7.92. The minimum Gasteiger partial charge on any atom is -0.495 e. The third-order valence-corrected chi connectivity index (χ3v) is 6.09. The van der Waals surface area contributed by atoms with Gasteiger partial charge in [-0.3, -0.25) is 9.52 Å². The van der Waals surface area contributed by atoms with Crippen molar-refractivity contribution in [2.24, 2.45) is 0 Å². The van der Waals surface area contributed by atoms with Crippen LogP contribution in [-0.2, 0) is 14.8 Å². The third-order valence-electron chi connectivity index (χ3n) is 4.68. The van der Waals surface area contributed by atoms with Gasteiger partial charge in [0.05, 0.1) is 18.5 Å². The maximum Gasteiger partial charge on any atom is 0.270 e. The number of hydrogen-bond acceptors (Lipinski definition) is 5. The van der Waals surface area contributed by atoms with Crippen molar-refractivity contribution in [3.05, 3.63) is 77.9 Å². The number of rotatable bonds is 5. The Morgan fingerprint density at radius 1 is 1.03 bits per heavy atom. The molecule has 0 aliphatic carbocycles. The van der Waals surface area contributed by atoms with Gasteiger partial charge in [0.15, 0.2) is 0 Å². The topological polar surface area (TPSA) is 93.7 Å². The van der Waals surface area contributed by atoms with E-state index in [0.717, 1.165) is 11.1 Å². The molecule has 7 nitrogen and oxygen atoms in total. The lowest BCUT2D eigenvalue weighted by atomic mass is 10.1. The summed E-state index contributed by atoms with van der Waals surface area (Å²) in [7, 11) is -2.49. The van der Waals surface area contributed by atoms with Crippen molar-refractivity contribution in [2.45, 2.75) is 17.9 Å². The van der Waals surface area contributed by atoms with Gasteiger partial charge < -0.3 is 14.8 Å². The largest absolute Gasteiger partial charge is 0.495 e. The van der Waals surface area contributed by atoms with Crippen LogP contribution in [0.15, 0.2) is 71.6 Å². The number of hydrogen-bond donors (Lipinski definition) is 2. The second kappa shape index (κ2) is 7.72. The molecule has 4 rings (SSSR count). The highest BCUT2D eigenvalue weighted by Crippen LogP contribution is 2.37. The lowest BCUT2D eigenvalue weighted by Gasteiger charge is -2.26. The number of aryl methyl sites for hydroxylation is 1. The number of ether oxygens (including phenoxy) is 2. The molecule has 1 aliphatic heterocycles. The van der Waals surface area contributed by atoms with Gasteiger partial charge >= 0.3 is 0 Å². The molecular weight excluding hydrogens is 404 g/mol. The number of nitrogens with one attached hydrogen (secondary N) is 2. The summed E-state index contributed by atoms with van der Waals surface area (Å²) in [6.07, 6.45) is -0.766. The van der Waals surface area contributed by atoms with Crippen LogP contribution in [0.4, 0.5) is 11.4 Å². The molecule has 0 saturated heterocycles. The molecule has 1 heterocycles. The highest BCUT2D eigenvalue weighted by Gasteiger charge is 2.29. The van der Waals surface area contributed by atoms with E-state index in [0.29, 0.717) is 17.1 Å². The first-order chi connectivity index (χ1) is 14.4. The number of sulfonamides is 1. The number of amides is 1. The Morgan fingerprint density at radius 3 is 2.53 bits per heavy atom. The molecule has 8 heteroatoms. The van der Waals surface area contributed by atoms with Gasteiger partial charge in [0.1, 0.15) is 16.4 Å². The van der Waals surface area contributed by atoms with E-state index in [9.17, 15) is 13.2 Å². The summed E-state index contributed by atoms with van der Waals surface area (Å²) in [5.74, 6) is 0.377. The molecule has 3 aromatic rings. The van der Waals surface area contributed by atoms with Gasteiger partial charge in [0.2, 0.25) is 6.10 Å². The molecule has 2 N–H and O–H groups in total. The molecule has 1 atom stereocenters. The van der Waals surface area contributed by atoms with E-state index in [-0.39, 0.29) is 16.6 Å². The monoisotopic (exact) mass is 424 g/mol. The number of carbonyl (C=O) groups is 1. The van der Waals surface area contributed by atoms with E-state index in [1.165, 1.54) is 19.2 Å². The highest BCUT2D eigenvalue weighted by atomic mass is 32.2. The van der Waals surface area contributed by atoms with Crippen LogP contribution >= 0.6 is 0 Å². The van der Waals surface area contributed by atoms with Gasteiger partial charge in [-0.25, -0.2) is 8.42 Å². The molecule has 0 fully saturated rings. The molecule has 1 aliphatic rings. The lowest BCUT2D eigenvalue weighted by Crippen LogP contribution is -2.30.